The van der Waals surface area contributed by atoms with Crippen molar-refractivity contribution in [3.05, 3.63) is 52.1 Å². The Morgan fingerprint density at radius 1 is 1.12 bits per heavy atom. The predicted octanol–water partition coefficient (Wildman–Crippen LogP) is 5.27. The van der Waals surface area contributed by atoms with Crippen LogP contribution in [0.2, 0.25) is 5.02 Å². The Balaban J connectivity index is 1.71. The van der Waals surface area contributed by atoms with Crippen LogP contribution in [0.5, 0.6) is 5.75 Å². The minimum Gasteiger partial charge on any atom is -0.491 e. The standard InChI is InChI=1S/C21H20ClF4N3O2S/c1-10-5-7-29(8-6-10)13-4-3-11(9-12(13)22)27-21(32)28-20(30)14-15(23)17(25)19(31-2)18(26)16(14)24/h3-4,9-10H,5-8H2,1-2H3,(H2,27,28,30,32). The van der Waals surface area contributed by atoms with Crippen molar-refractivity contribution < 1.29 is 27.1 Å². The van der Waals surface area contributed by atoms with Gasteiger partial charge in [-0.3, -0.25) is 10.1 Å². The molecule has 0 aliphatic carbocycles. The van der Waals surface area contributed by atoms with E-state index in [2.05, 4.69) is 21.9 Å². The molecule has 0 bridgehead atoms. The molecule has 0 unspecified atom stereocenters. The van der Waals surface area contributed by atoms with Crippen molar-refractivity contribution in [2.75, 3.05) is 30.4 Å². The number of thiocarbonyl (C=S) groups is 1. The van der Waals surface area contributed by atoms with Crippen molar-refractivity contribution >= 4 is 46.2 Å². The van der Waals surface area contributed by atoms with Crippen LogP contribution in [0.3, 0.4) is 0 Å². The summed E-state index contributed by atoms with van der Waals surface area (Å²) in [6.45, 7) is 3.97. The third kappa shape index (κ3) is 4.91. The van der Waals surface area contributed by atoms with Crippen LogP contribution in [0.1, 0.15) is 30.1 Å². The molecule has 0 saturated carbocycles. The van der Waals surface area contributed by atoms with E-state index in [4.69, 9.17) is 23.8 Å². The van der Waals surface area contributed by atoms with Crippen LogP contribution < -0.4 is 20.3 Å². The van der Waals surface area contributed by atoms with Crippen molar-refractivity contribution in [2.45, 2.75) is 19.8 Å². The molecule has 2 aromatic carbocycles. The topological polar surface area (TPSA) is 53.6 Å². The SMILES string of the molecule is COc1c(F)c(F)c(C(=O)NC(=S)Nc2ccc(N3CCC(C)CC3)c(Cl)c2)c(F)c1F. The molecule has 0 radical (unpaired) electrons. The lowest BCUT2D eigenvalue weighted by atomic mass is 9.99. The zero-order valence-corrected chi connectivity index (χ0v) is 18.8. The van der Waals surface area contributed by atoms with Crippen LogP contribution in [-0.4, -0.2) is 31.2 Å². The zero-order chi connectivity index (χ0) is 23.6. The van der Waals surface area contributed by atoms with E-state index < -0.39 is 40.5 Å². The third-order valence-electron chi connectivity index (χ3n) is 5.21. The van der Waals surface area contributed by atoms with Gasteiger partial charge in [0.05, 0.1) is 17.8 Å². The molecule has 2 N–H and O–H groups in total. The summed E-state index contributed by atoms with van der Waals surface area (Å²) in [5.41, 5.74) is -0.201. The number of hydrogen-bond acceptors (Lipinski definition) is 4. The minimum absolute atomic E-state index is 0.346. The number of rotatable bonds is 4. The highest BCUT2D eigenvalue weighted by atomic mass is 35.5. The molecule has 172 valence electrons. The highest BCUT2D eigenvalue weighted by Gasteiger charge is 2.30. The number of piperidine rings is 1. The molecule has 1 aliphatic heterocycles. The van der Waals surface area contributed by atoms with Gasteiger partial charge in [0.1, 0.15) is 5.56 Å². The first-order valence-electron chi connectivity index (χ1n) is 9.70. The summed E-state index contributed by atoms with van der Waals surface area (Å²) in [6.07, 6.45) is 2.12. The second kappa shape index (κ2) is 9.91. The van der Waals surface area contributed by atoms with Gasteiger partial charge in [-0.05, 0) is 49.2 Å². The highest BCUT2D eigenvalue weighted by molar-refractivity contribution is 7.80. The molecule has 5 nitrogen and oxygen atoms in total. The zero-order valence-electron chi connectivity index (χ0n) is 17.2. The molecule has 0 spiro atoms. The molecular weight excluding hydrogens is 470 g/mol. The summed E-state index contributed by atoms with van der Waals surface area (Å²) in [6, 6.07) is 5.05. The lowest BCUT2D eigenvalue weighted by Crippen LogP contribution is -2.35. The quantitative estimate of drug-likeness (QED) is 0.348. The summed E-state index contributed by atoms with van der Waals surface area (Å²) in [5, 5.41) is 4.75. The fraction of sp³-hybridized carbons (Fsp3) is 0.333. The van der Waals surface area contributed by atoms with Crippen LogP contribution in [0, 0.1) is 29.2 Å². The van der Waals surface area contributed by atoms with Crippen LogP contribution in [0.25, 0.3) is 0 Å². The number of halogens is 5. The number of methoxy groups -OCH3 is 1. The molecule has 1 heterocycles. The van der Waals surface area contributed by atoms with Crippen LogP contribution in [-0.2, 0) is 0 Å². The second-order valence-corrected chi connectivity index (χ2v) is 8.22. The van der Waals surface area contributed by atoms with Crippen LogP contribution in [0.4, 0.5) is 28.9 Å². The number of hydrogen-bond donors (Lipinski definition) is 2. The molecule has 0 atom stereocenters. The van der Waals surface area contributed by atoms with E-state index in [1.54, 1.807) is 18.2 Å². The summed E-state index contributed by atoms with van der Waals surface area (Å²) >= 11 is 11.4. The van der Waals surface area contributed by atoms with E-state index in [1.165, 1.54) is 0 Å². The second-order valence-electron chi connectivity index (χ2n) is 7.41. The van der Waals surface area contributed by atoms with Gasteiger partial charge in [0.2, 0.25) is 11.6 Å². The number of anilines is 2. The van der Waals surface area contributed by atoms with E-state index >= 15 is 0 Å². The van der Waals surface area contributed by atoms with Gasteiger partial charge < -0.3 is 15.0 Å². The van der Waals surface area contributed by atoms with Gasteiger partial charge in [0.15, 0.2) is 22.5 Å². The Kier molecular flexibility index (Phi) is 7.45. The minimum atomic E-state index is -1.90. The first-order valence-corrected chi connectivity index (χ1v) is 10.5. The van der Waals surface area contributed by atoms with E-state index in [0.29, 0.717) is 16.6 Å². The number of nitrogens with zero attached hydrogens (tertiary/aromatic N) is 1. The van der Waals surface area contributed by atoms with Gasteiger partial charge in [-0.1, -0.05) is 18.5 Å². The Hall–Kier alpha value is -2.59. The summed E-state index contributed by atoms with van der Waals surface area (Å²) in [7, 11) is 0.835. The average molecular weight is 490 g/mol. The van der Waals surface area contributed by atoms with Gasteiger partial charge in [-0.2, -0.15) is 8.78 Å². The Morgan fingerprint density at radius 2 is 1.72 bits per heavy atom. The maximum absolute atomic E-state index is 14.1. The molecular formula is C21H20ClF4N3O2S. The fourth-order valence-corrected chi connectivity index (χ4v) is 3.92. The van der Waals surface area contributed by atoms with Crippen molar-refractivity contribution in [2.24, 2.45) is 5.92 Å². The smallest absolute Gasteiger partial charge is 0.263 e. The first kappa shape index (κ1) is 24.1. The number of carbonyl (C=O) groups excluding carboxylic acids is 1. The fourth-order valence-electron chi connectivity index (χ4n) is 3.41. The number of amides is 1. The highest BCUT2D eigenvalue weighted by Crippen LogP contribution is 2.32. The van der Waals surface area contributed by atoms with Crippen molar-refractivity contribution in [1.29, 1.82) is 0 Å². The molecule has 1 saturated heterocycles. The van der Waals surface area contributed by atoms with E-state index in [-0.39, 0.29) is 5.11 Å². The molecule has 32 heavy (non-hydrogen) atoms. The number of ether oxygens (including phenoxy) is 1. The average Bonchev–Trinajstić information content (AvgIpc) is 2.74. The largest absolute Gasteiger partial charge is 0.491 e. The summed E-state index contributed by atoms with van der Waals surface area (Å²) in [5.74, 6) is -9.53. The lowest BCUT2D eigenvalue weighted by Gasteiger charge is -2.32. The molecule has 1 fully saturated rings. The van der Waals surface area contributed by atoms with Gasteiger partial charge in [0, 0.05) is 18.8 Å². The number of nitrogens with one attached hydrogen (secondary N) is 2. The van der Waals surface area contributed by atoms with Gasteiger partial charge in [0.25, 0.3) is 5.91 Å². The maximum atomic E-state index is 14.1. The normalized spacial score (nSPS) is 14.3. The van der Waals surface area contributed by atoms with Gasteiger partial charge in [-0.25, -0.2) is 8.78 Å². The predicted molar refractivity (Wildman–Crippen MR) is 119 cm³/mol. The summed E-state index contributed by atoms with van der Waals surface area (Å²) in [4.78, 5) is 14.4. The molecule has 2 aromatic rings. The van der Waals surface area contributed by atoms with Gasteiger partial charge in [-0.15, -0.1) is 0 Å². The third-order valence-corrected chi connectivity index (χ3v) is 5.72. The van der Waals surface area contributed by atoms with E-state index in [9.17, 15) is 22.4 Å². The van der Waals surface area contributed by atoms with Crippen molar-refractivity contribution in [3.8, 4) is 5.75 Å². The Morgan fingerprint density at radius 3 is 2.25 bits per heavy atom. The van der Waals surface area contributed by atoms with Gasteiger partial charge >= 0.3 is 0 Å². The number of carbonyl (C=O) groups is 1. The first-order chi connectivity index (χ1) is 15.1. The molecule has 1 amide bonds. The maximum Gasteiger partial charge on any atom is 0.263 e. The molecule has 11 heteroatoms. The molecule has 1 aliphatic rings. The van der Waals surface area contributed by atoms with Crippen molar-refractivity contribution in [3.63, 3.8) is 0 Å². The lowest BCUT2D eigenvalue weighted by molar-refractivity contribution is 0.0966. The molecule has 0 aromatic heterocycles. The number of benzene rings is 2. The monoisotopic (exact) mass is 489 g/mol. The van der Waals surface area contributed by atoms with E-state index in [1.807, 2.05) is 5.32 Å². The molecule has 3 rings (SSSR count). The summed E-state index contributed by atoms with van der Waals surface area (Å²) < 4.78 is 60.2. The van der Waals surface area contributed by atoms with Crippen molar-refractivity contribution in [1.82, 2.24) is 5.32 Å². The van der Waals surface area contributed by atoms with E-state index in [0.717, 1.165) is 38.7 Å². The van der Waals surface area contributed by atoms with Crippen LogP contribution in [0.15, 0.2) is 18.2 Å². The Bertz CT molecular complexity index is 1030. The van der Waals surface area contributed by atoms with Crippen LogP contribution >= 0.6 is 23.8 Å². The Labute approximate surface area is 192 Å².